The highest BCUT2D eigenvalue weighted by Gasteiger charge is 2.11. The van der Waals surface area contributed by atoms with E-state index in [0.717, 1.165) is 5.56 Å². The van der Waals surface area contributed by atoms with Crippen LogP contribution >= 0.6 is 0 Å². The zero-order valence-electron chi connectivity index (χ0n) is 8.57. The summed E-state index contributed by atoms with van der Waals surface area (Å²) in [6.45, 7) is 5.53. The monoisotopic (exact) mass is 194 g/mol. The second-order valence-electron chi connectivity index (χ2n) is 3.55. The van der Waals surface area contributed by atoms with Crippen molar-refractivity contribution >= 4 is 5.78 Å². The van der Waals surface area contributed by atoms with Crippen molar-refractivity contribution in [2.24, 2.45) is 0 Å². The van der Waals surface area contributed by atoms with Crippen molar-refractivity contribution in [3.8, 4) is 5.75 Å². The van der Waals surface area contributed by atoms with Crippen molar-refractivity contribution < 1.29 is 14.9 Å². The van der Waals surface area contributed by atoms with E-state index < -0.39 is 0 Å². The fourth-order valence-corrected chi connectivity index (χ4v) is 1.40. The number of Topliss-reactive ketones (excluding diaryl/α,β-unsaturated/α-hetero) is 1. The lowest BCUT2D eigenvalue weighted by Gasteiger charge is -2.10. The topological polar surface area (TPSA) is 46.5 Å². The smallest absolute Gasteiger partial charge is 0.165 e. The van der Waals surface area contributed by atoms with E-state index in [1.807, 2.05) is 13.8 Å². The lowest BCUT2D eigenvalue weighted by Crippen LogP contribution is -2.02. The van der Waals surface area contributed by atoms with Crippen LogP contribution in [0.25, 0.3) is 0 Å². The molecule has 0 aliphatic carbocycles. The lowest BCUT2D eigenvalue weighted by molar-refractivity contribution is -0.137. The summed E-state index contributed by atoms with van der Waals surface area (Å²) in [6, 6.07) is 4.99. The molecule has 14 heavy (non-hydrogen) atoms. The predicted molar refractivity (Wildman–Crippen MR) is 53.8 cm³/mol. The molecular weight excluding hydrogens is 180 g/mol. The van der Waals surface area contributed by atoms with Crippen molar-refractivity contribution in [2.45, 2.75) is 26.7 Å². The molecule has 0 heterocycles. The van der Waals surface area contributed by atoms with Gasteiger partial charge in [0.2, 0.25) is 0 Å². The fourth-order valence-electron chi connectivity index (χ4n) is 1.40. The third kappa shape index (κ3) is 2.12. The van der Waals surface area contributed by atoms with Crippen LogP contribution in [-0.4, -0.2) is 11.0 Å². The molecule has 0 aliphatic rings. The minimum atomic E-state index is -0.0207. The number of benzene rings is 1. The normalized spacial score (nSPS) is 10.4. The van der Waals surface area contributed by atoms with Gasteiger partial charge >= 0.3 is 0 Å². The quantitative estimate of drug-likeness (QED) is 0.457. The van der Waals surface area contributed by atoms with Gasteiger partial charge in [-0.15, -0.1) is 0 Å². The van der Waals surface area contributed by atoms with Crippen LogP contribution in [0.1, 0.15) is 42.6 Å². The van der Waals surface area contributed by atoms with Crippen LogP contribution < -0.4 is 4.89 Å². The zero-order valence-corrected chi connectivity index (χ0v) is 8.57. The summed E-state index contributed by atoms with van der Waals surface area (Å²) in [7, 11) is 0. The van der Waals surface area contributed by atoms with Crippen LogP contribution in [0.2, 0.25) is 0 Å². The summed E-state index contributed by atoms with van der Waals surface area (Å²) in [4.78, 5) is 15.4. The Morgan fingerprint density at radius 2 is 2.07 bits per heavy atom. The lowest BCUT2D eigenvalue weighted by atomic mass is 9.95. The van der Waals surface area contributed by atoms with E-state index in [-0.39, 0.29) is 11.7 Å². The van der Waals surface area contributed by atoms with Crippen molar-refractivity contribution in [3.05, 3.63) is 29.3 Å². The first-order valence-electron chi connectivity index (χ1n) is 4.52. The zero-order chi connectivity index (χ0) is 10.7. The summed E-state index contributed by atoms with van der Waals surface area (Å²) in [6.07, 6.45) is 0. The molecule has 76 valence electrons. The Hall–Kier alpha value is -1.35. The maximum absolute atomic E-state index is 11.3. The van der Waals surface area contributed by atoms with E-state index >= 15 is 0 Å². The number of rotatable bonds is 3. The van der Waals surface area contributed by atoms with E-state index in [1.165, 1.54) is 6.92 Å². The highest BCUT2D eigenvalue weighted by molar-refractivity contribution is 5.96. The fraction of sp³-hybridized carbons (Fsp3) is 0.364. The molecule has 3 heteroatoms. The van der Waals surface area contributed by atoms with Gasteiger partial charge in [0.1, 0.15) is 0 Å². The second kappa shape index (κ2) is 4.24. The second-order valence-corrected chi connectivity index (χ2v) is 3.55. The summed E-state index contributed by atoms with van der Waals surface area (Å²) in [5.41, 5.74) is 1.57. The van der Waals surface area contributed by atoms with Crippen LogP contribution in [0.5, 0.6) is 5.75 Å². The van der Waals surface area contributed by atoms with E-state index in [2.05, 4.69) is 4.89 Å². The van der Waals surface area contributed by atoms with Gasteiger partial charge in [0.05, 0.1) is 0 Å². The Morgan fingerprint density at radius 3 is 2.50 bits per heavy atom. The minimum absolute atomic E-state index is 0.0207. The Bertz CT molecular complexity index is 342. The molecule has 0 radical (unpaired) electrons. The molecule has 0 unspecified atom stereocenters. The predicted octanol–water partition coefficient (Wildman–Crippen LogP) is 2.86. The van der Waals surface area contributed by atoms with Crippen molar-refractivity contribution in [1.82, 2.24) is 0 Å². The summed E-state index contributed by atoms with van der Waals surface area (Å²) in [5.74, 6) is 0.550. The van der Waals surface area contributed by atoms with Crippen LogP contribution in [0.3, 0.4) is 0 Å². The number of carbonyl (C=O) groups is 1. The van der Waals surface area contributed by atoms with Gasteiger partial charge < -0.3 is 4.89 Å². The molecule has 0 saturated carbocycles. The Labute approximate surface area is 83.3 Å². The van der Waals surface area contributed by atoms with Gasteiger partial charge in [-0.2, -0.15) is 0 Å². The third-order valence-corrected chi connectivity index (χ3v) is 2.13. The molecule has 0 amide bonds. The van der Waals surface area contributed by atoms with Gasteiger partial charge in [0.15, 0.2) is 11.5 Å². The van der Waals surface area contributed by atoms with Crippen LogP contribution in [0, 0.1) is 0 Å². The molecule has 1 N–H and O–H groups in total. The summed E-state index contributed by atoms with van der Waals surface area (Å²) in [5, 5.41) is 8.46. The highest BCUT2D eigenvalue weighted by atomic mass is 17.1. The number of hydrogen-bond donors (Lipinski definition) is 1. The molecule has 0 saturated heterocycles. The first-order chi connectivity index (χ1) is 6.56. The van der Waals surface area contributed by atoms with Gasteiger partial charge in [0.25, 0.3) is 0 Å². The average Bonchev–Trinajstić information content (AvgIpc) is 2.16. The Morgan fingerprint density at radius 1 is 1.43 bits per heavy atom. The SMILES string of the molecule is CC(=O)c1cc(OO)ccc1C(C)C. The number of carbonyl (C=O) groups excluding carboxylic acids is 1. The van der Waals surface area contributed by atoms with Gasteiger partial charge in [-0.1, -0.05) is 19.9 Å². The first kappa shape index (κ1) is 10.7. The van der Waals surface area contributed by atoms with Gasteiger partial charge in [-0.3, -0.25) is 4.79 Å². The van der Waals surface area contributed by atoms with Crippen LogP contribution in [-0.2, 0) is 0 Å². The maximum Gasteiger partial charge on any atom is 0.165 e. The largest absolute Gasteiger partial charge is 0.340 e. The molecular formula is C11H14O3. The molecule has 0 fully saturated rings. The van der Waals surface area contributed by atoms with E-state index in [9.17, 15) is 4.79 Å². The highest BCUT2D eigenvalue weighted by Crippen LogP contribution is 2.24. The maximum atomic E-state index is 11.3. The molecule has 1 rings (SSSR count). The molecule has 0 spiro atoms. The minimum Gasteiger partial charge on any atom is -0.340 e. The number of hydrogen-bond acceptors (Lipinski definition) is 3. The molecule has 1 aromatic rings. The Balaban J connectivity index is 3.24. The molecule has 1 aromatic carbocycles. The molecule has 0 aromatic heterocycles. The van der Waals surface area contributed by atoms with Crippen LogP contribution in [0.4, 0.5) is 0 Å². The molecule has 3 nitrogen and oxygen atoms in total. The van der Waals surface area contributed by atoms with Crippen LogP contribution in [0.15, 0.2) is 18.2 Å². The first-order valence-corrected chi connectivity index (χ1v) is 4.52. The standard InChI is InChI=1S/C11H14O3/c1-7(2)10-5-4-9(14-13)6-11(10)8(3)12/h4-7,13H,1-3H3. The molecule has 0 atom stereocenters. The van der Waals surface area contributed by atoms with Crippen molar-refractivity contribution in [1.29, 1.82) is 0 Å². The third-order valence-electron chi connectivity index (χ3n) is 2.13. The number of ketones is 1. The average molecular weight is 194 g/mol. The van der Waals surface area contributed by atoms with Crippen molar-refractivity contribution in [2.75, 3.05) is 0 Å². The van der Waals surface area contributed by atoms with E-state index in [4.69, 9.17) is 5.26 Å². The van der Waals surface area contributed by atoms with E-state index in [1.54, 1.807) is 18.2 Å². The van der Waals surface area contributed by atoms with E-state index in [0.29, 0.717) is 11.3 Å². The summed E-state index contributed by atoms with van der Waals surface area (Å²) >= 11 is 0. The summed E-state index contributed by atoms with van der Waals surface area (Å²) < 4.78 is 0. The van der Waals surface area contributed by atoms with Gasteiger partial charge in [-0.25, -0.2) is 5.26 Å². The van der Waals surface area contributed by atoms with Crippen molar-refractivity contribution in [3.63, 3.8) is 0 Å². The molecule has 0 bridgehead atoms. The Kier molecular flexibility index (Phi) is 3.25. The van der Waals surface area contributed by atoms with Gasteiger partial charge in [0, 0.05) is 5.56 Å². The van der Waals surface area contributed by atoms with Gasteiger partial charge in [-0.05, 0) is 30.5 Å². The molecule has 0 aliphatic heterocycles.